The summed E-state index contributed by atoms with van der Waals surface area (Å²) in [6.45, 7) is 2.11. The number of benzene rings is 7. The smallest absolute Gasteiger partial charge is 0.146 e. The maximum Gasteiger partial charge on any atom is 0.146 e. The molecule has 0 saturated carbocycles. The van der Waals surface area contributed by atoms with Crippen LogP contribution >= 0.6 is 0 Å². The van der Waals surface area contributed by atoms with Crippen LogP contribution in [0.25, 0.3) is 76.9 Å². The van der Waals surface area contributed by atoms with Gasteiger partial charge in [-0.1, -0.05) is 115 Å². The second-order valence-corrected chi connectivity index (χ2v) is 13.6. The molecule has 1 aliphatic heterocycles. The van der Waals surface area contributed by atoms with Crippen molar-refractivity contribution in [3.05, 3.63) is 168 Å². The molecule has 0 spiro atoms. The Labute approximate surface area is 298 Å². The quantitative estimate of drug-likeness (QED) is 0.194. The zero-order valence-electron chi connectivity index (χ0n) is 28.2. The minimum Gasteiger partial charge on any atom is -0.456 e. The van der Waals surface area contributed by atoms with E-state index in [-0.39, 0.29) is 12.3 Å². The van der Waals surface area contributed by atoms with Crippen LogP contribution in [0.1, 0.15) is 34.6 Å². The first kappa shape index (κ1) is 29.1. The summed E-state index contributed by atoms with van der Waals surface area (Å²) >= 11 is 0. The fourth-order valence-electron chi connectivity index (χ4n) is 8.03. The first-order valence-electron chi connectivity index (χ1n) is 17.6. The van der Waals surface area contributed by atoms with E-state index in [1.165, 1.54) is 5.56 Å². The third kappa shape index (κ3) is 4.44. The van der Waals surface area contributed by atoms with E-state index in [0.29, 0.717) is 0 Å². The van der Waals surface area contributed by atoms with Crippen LogP contribution in [0.4, 0.5) is 0 Å². The molecule has 0 radical (unpaired) electrons. The van der Waals surface area contributed by atoms with Gasteiger partial charge in [-0.25, -0.2) is 4.99 Å². The van der Waals surface area contributed by atoms with E-state index in [0.717, 1.165) is 99.5 Å². The topological polar surface area (TPSA) is 75.8 Å². The van der Waals surface area contributed by atoms with E-state index in [4.69, 9.17) is 18.2 Å². The van der Waals surface area contributed by atoms with Gasteiger partial charge in [0.1, 0.15) is 51.7 Å². The number of nitrogens with zero attached hydrogens (tertiary/aromatic N) is 1. The Morgan fingerprint density at radius 3 is 2.08 bits per heavy atom. The third-order valence-electron chi connectivity index (χ3n) is 10.4. The molecular weight excluding hydrogens is 643 g/mol. The van der Waals surface area contributed by atoms with Crippen molar-refractivity contribution < 1.29 is 13.3 Å². The molecule has 0 bridgehead atoms. The van der Waals surface area contributed by atoms with Gasteiger partial charge in [-0.15, -0.1) is 0 Å². The Bertz CT molecular complexity index is 3070. The molecule has 248 valence electrons. The number of hydrogen-bond acceptors (Lipinski definition) is 6. The molecule has 0 amide bonds. The van der Waals surface area contributed by atoms with Crippen LogP contribution in [0.3, 0.4) is 0 Å². The van der Waals surface area contributed by atoms with Crippen molar-refractivity contribution in [2.24, 2.45) is 4.99 Å². The Hall–Kier alpha value is -6.63. The lowest BCUT2D eigenvalue weighted by atomic mass is 9.97. The first-order valence-corrected chi connectivity index (χ1v) is 17.6. The lowest BCUT2D eigenvalue weighted by Gasteiger charge is -2.32. The van der Waals surface area contributed by atoms with E-state index in [2.05, 4.69) is 127 Å². The number of aliphatic imine (C=N–C) groups is 1. The summed E-state index contributed by atoms with van der Waals surface area (Å²) < 4.78 is 19.4. The van der Waals surface area contributed by atoms with Crippen LogP contribution in [0.5, 0.6) is 0 Å². The van der Waals surface area contributed by atoms with E-state index in [1.54, 1.807) is 0 Å². The zero-order chi connectivity index (χ0) is 34.3. The molecule has 10 aromatic rings. The van der Waals surface area contributed by atoms with Crippen LogP contribution in [0.15, 0.2) is 164 Å². The molecular formula is C46H31N3O3. The lowest BCUT2D eigenvalue weighted by molar-refractivity contribution is 0.408. The summed E-state index contributed by atoms with van der Waals surface area (Å²) in [5.41, 5.74) is 11.5. The number of fused-ring (bicyclic) bond motifs is 9. The van der Waals surface area contributed by atoms with Gasteiger partial charge in [-0.05, 0) is 60.0 Å². The van der Waals surface area contributed by atoms with Crippen molar-refractivity contribution in [2.45, 2.75) is 19.3 Å². The van der Waals surface area contributed by atoms with Crippen molar-refractivity contribution in [3.8, 4) is 11.1 Å². The number of amidine groups is 1. The van der Waals surface area contributed by atoms with Crippen molar-refractivity contribution in [1.29, 1.82) is 0 Å². The Morgan fingerprint density at radius 1 is 0.519 bits per heavy atom. The first-order chi connectivity index (χ1) is 25.7. The molecule has 2 unspecified atom stereocenters. The van der Waals surface area contributed by atoms with Gasteiger partial charge in [-0.2, -0.15) is 0 Å². The molecule has 11 rings (SSSR count). The molecule has 6 nitrogen and oxygen atoms in total. The molecule has 6 heteroatoms. The monoisotopic (exact) mass is 673 g/mol. The van der Waals surface area contributed by atoms with Crippen molar-refractivity contribution >= 4 is 71.7 Å². The molecule has 7 aromatic carbocycles. The van der Waals surface area contributed by atoms with E-state index < -0.39 is 0 Å². The molecule has 0 saturated heterocycles. The van der Waals surface area contributed by atoms with Crippen molar-refractivity contribution in [3.63, 3.8) is 0 Å². The van der Waals surface area contributed by atoms with Gasteiger partial charge in [-0.3, -0.25) is 5.32 Å². The van der Waals surface area contributed by atoms with Gasteiger partial charge in [0, 0.05) is 37.9 Å². The summed E-state index contributed by atoms with van der Waals surface area (Å²) in [5.74, 6) is 0.760. The lowest BCUT2D eigenvalue weighted by Crippen LogP contribution is -2.45. The highest BCUT2D eigenvalue weighted by Crippen LogP contribution is 2.41. The Morgan fingerprint density at radius 2 is 1.19 bits per heavy atom. The summed E-state index contributed by atoms with van der Waals surface area (Å²) in [7, 11) is 0. The average molecular weight is 674 g/mol. The molecule has 2 atom stereocenters. The summed E-state index contributed by atoms with van der Waals surface area (Å²) in [6, 6.07) is 50.3. The molecule has 2 N–H and O–H groups in total. The maximum absolute atomic E-state index is 6.72. The van der Waals surface area contributed by atoms with Gasteiger partial charge in [0.2, 0.25) is 0 Å². The van der Waals surface area contributed by atoms with Crippen LogP contribution in [0.2, 0.25) is 0 Å². The van der Waals surface area contributed by atoms with E-state index in [1.807, 2.05) is 36.4 Å². The zero-order valence-corrected chi connectivity index (χ0v) is 28.2. The Kier molecular flexibility index (Phi) is 6.27. The highest BCUT2D eigenvalue weighted by molar-refractivity contribution is 6.16. The molecule has 1 aliphatic rings. The maximum atomic E-state index is 6.72. The van der Waals surface area contributed by atoms with Crippen LogP contribution < -0.4 is 10.6 Å². The van der Waals surface area contributed by atoms with Gasteiger partial charge in [0.05, 0.1) is 5.56 Å². The standard InChI is InChI=1S/C46H31N3O3/c1-26-10-6-11-28(24-26)44-47-45(34-17-7-15-31-30-12-2-4-19-37(30)51-42(31)34)49-46(48-44)35-18-8-16-32-36-25-27(22-23-39(36)52-43(32)35)29-14-9-21-40-41(29)33-13-3-5-20-38(33)50-40/h2-25,44,46,48H,1H3,(H,47,49). The molecule has 3 aromatic heterocycles. The number of rotatable bonds is 4. The highest BCUT2D eigenvalue weighted by atomic mass is 16.3. The molecule has 52 heavy (non-hydrogen) atoms. The number of para-hydroxylation sites is 4. The molecule has 4 heterocycles. The van der Waals surface area contributed by atoms with Gasteiger partial charge >= 0.3 is 0 Å². The fourth-order valence-corrected chi connectivity index (χ4v) is 8.03. The number of hydrogen-bond donors (Lipinski definition) is 2. The summed E-state index contributed by atoms with van der Waals surface area (Å²) in [6.07, 6.45) is -0.621. The second kappa shape index (κ2) is 11.2. The largest absolute Gasteiger partial charge is 0.456 e. The number of aryl methyl sites for hydroxylation is 1. The molecule has 0 aliphatic carbocycles. The summed E-state index contributed by atoms with van der Waals surface area (Å²) in [4.78, 5) is 5.27. The van der Waals surface area contributed by atoms with Crippen molar-refractivity contribution in [2.75, 3.05) is 0 Å². The predicted molar refractivity (Wildman–Crippen MR) is 210 cm³/mol. The third-order valence-corrected chi connectivity index (χ3v) is 10.4. The fraction of sp³-hybridized carbons (Fsp3) is 0.0652. The van der Waals surface area contributed by atoms with Crippen LogP contribution in [0, 0.1) is 6.92 Å². The predicted octanol–water partition coefficient (Wildman–Crippen LogP) is 11.7. The van der Waals surface area contributed by atoms with Gasteiger partial charge in [0.25, 0.3) is 0 Å². The second-order valence-electron chi connectivity index (χ2n) is 13.6. The van der Waals surface area contributed by atoms with E-state index >= 15 is 0 Å². The highest BCUT2D eigenvalue weighted by Gasteiger charge is 2.29. The normalized spacial score (nSPS) is 16.4. The van der Waals surface area contributed by atoms with Crippen molar-refractivity contribution in [1.82, 2.24) is 10.6 Å². The average Bonchev–Trinajstić information content (AvgIpc) is 3.88. The van der Waals surface area contributed by atoms with Gasteiger partial charge < -0.3 is 18.6 Å². The molecule has 0 fully saturated rings. The van der Waals surface area contributed by atoms with Gasteiger partial charge in [0.15, 0.2) is 0 Å². The Balaban J connectivity index is 1.06. The summed E-state index contributed by atoms with van der Waals surface area (Å²) in [5, 5.41) is 14.0. The SMILES string of the molecule is Cc1cccc(C2N=C(c3cccc4c3oc3ccccc34)NC(c3cccc4c3oc3ccc(-c5cccc6oc7ccccc7c56)cc34)N2)c1. The minimum atomic E-state index is -0.313. The number of nitrogens with one attached hydrogen (secondary N) is 2. The van der Waals surface area contributed by atoms with Crippen LogP contribution in [-0.2, 0) is 0 Å². The van der Waals surface area contributed by atoms with Crippen LogP contribution in [-0.4, -0.2) is 5.84 Å². The number of furan rings is 3. The minimum absolute atomic E-state index is 0.308. The van der Waals surface area contributed by atoms with E-state index in [9.17, 15) is 0 Å².